The number of carbonyl (C=O) groups excluding carboxylic acids is 1. The molecule has 0 spiro atoms. The second-order valence-corrected chi connectivity index (χ2v) is 5.02. The molecule has 0 bridgehead atoms. The molecule has 0 aliphatic carbocycles. The zero-order valence-electron chi connectivity index (χ0n) is 10.8. The highest BCUT2D eigenvalue weighted by Gasteiger charge is 2.45. The van der Waals surface area contributed by atoms with Crippen molar-refractivity contribution >= 4 is 11.9 Å². The van der Waals surface area contributed by atoms with Crippen LogP contribution in [0.3, 0.4) is 0 Å². The molecule has 0 aromatic rings. The van der Waals surface area contributed by atoms with Gasteiger partial charge >= 0.3 is 5.97 Å². The Kier molecular flexibility index (Phi) is 4.38. The van der Waals surface area contributed by atoms with Crippen molar-refractivity contribution in [2.45, 2.75) is 18.9 Å². The van der Waals surface area contributed by atoms with Gasteiger partial charge in [0.25, 0.3) is 0 Å². The molecule has 7 nitrogen and oxygen atoms in total. The van der Waals surface area contributed by atoms with E-state index in [1.807, 2.05) is 0 Å². The molecule has 0 saturated carbocycles. The summed E-state index contributed by atoms with van der Waals surface area (Å²) in [5, 5.41) is 9.18. The maximum absolute atomic E-state index is 12.7. The molecule has 1 amide bonds. The minimum atomic E-state index is -1.03. The number of hydrogen-bond acceptors (Lipinski definition) is 5. The van der Waals surface area contributed by atoms with Gasteiger partial charge in [0.1, 0.15) is 0 Å². The predicted octanol–water partition coefficient (Wildman–Crippen LogP) is -0.946. The lowest BCUT2D eigenvalue weighted by Crippen LogP contribution is -2.59. The third-order valence-electron chi connectivity index (χ3n) is 3.97. The van der Waals surface area contributed by atoms with Gasteiger partial charge in [-0.1, -0.05) is 0 Å². The lowest BCUT2D eigenvalue weighted by Gasteiger charge is -2.42. The van der Waals surface area contributed by atoms with Crippen LogP contribution in [0.2, 0.25) is 0 Å². The van der Waals surface area contributed by atoms with Gasteiger partial charge in [0, 0.05) is 26.3 Å². The first-order valence-electron chi connectivity index (χ1n) is 6.50. The van der Waals surface area contributed by atoms with E-state index in [2.05, 4.69) is 0 Å². The summed E-state index contributed by atoms with van der Waals surface area (Å²) in [6, 6.07) is -0.910. The average molecular weight is 272 g/mol. The molecule has 1 unspecified atom stereocenters. The average Bonchev–Trinajstić information content (AvgIpc) is 2.47. The van der Waals surface area contributed by atoms with Crippen LogP contribution in [0.15, 0.2) is 0 Å². The van der Waals surface area contributed by atoms with Crippen LogP contribution in [-0.2, 0) is 19.1 Å². The van der Waals surface area contributed by atoms with Crippen molar-refractivity contribution in [3.05, 3.63) is 0 Å². The van der Waals surface area contributed by atoms with Gasteiger partial charge in [0.15, 0.2) is 6.04 Å². The largest absolute Gasteiger partial charge is 0.480 e. The van der Waals surface area contributed by atoms with E-state index < -0.39 is 17.4 Å². The SMILES string of the molecule is NCC1(C(=O)N2CCOCC2C(=O)O)CCOCC1. The van der Waals surface area contributed by atoms with Gasteiger partial charge in [-0.15, -0.1) is 0 Å². The van der Waals surface area contributed by atoms with E-state index in [-0.39, 0.29) is 19.1 Å². The first kappa shape index (κ1) is 14.2. The topological polar surface area (TPSA) is 102 Å². The standard InChI is InChI=1S/C12H20N2O5/c13-8-12(1-4-18-5-2-12)11(17)14-3-6-19-7-9(14)10(15)16/h9H,1-8,13H2,(H,15,16). The quantitative estimate of drug-likeness (QED) is 0.687. The molecule has 108 valence electrons. The van der Waals surface area contributed by atoms with Gasteiger partial charge in [-0.3, -0.25) is 4.79 Å². The highest BCUT2D eigenvalue weighted by Crippen LogP contribution is 2.32. The van der Waals surface area contributed by atoms with Gasteiger partial charge < -0.3 is 25.2 Å². The molecule has 0 aromatic carbocycles. The normalized spacial score (nSPS) is 27.0. The summed E-state index contributed by atoms with van der Waals surface area (Å²) in [5.74, 6) is -1.21. The van der Waals surface area contributed by atoms with Crippen molar-refractivity contribution in [3.63, 3.8) is 0 Å². The van der Waals surface area contributed by atoms with Crippen LogP contribution in [0.25, 0.3) is 0 Å². The summed E-state index contributed by atoms with van der Waals surface area (Å²) in [4.78, 5) is 25.3. The van der Waals surface area contributed by atoms with Gasteiger partial charge in [-0.25, -0.2) is 4.79 Å². The summed E-state index contributed by atoms with van der Waals surface area (Å²) < 4.78 is 10.4. The van der Waals surface area contributed by atoms with Crippen LogP contribution in [0, 0.1) is 5.41 Å². The number of ether oxygens (including phenoxy) is 2. The number of nitrogens with zero attached hydrogens (tertiary/aromatic N) is 1. The Morgan fingerprint density at radius 2 is 1.95 bits per heavy atom. The number of aliphatic carboxylic acids is 1. The maximum Gasteiger partial charge on any atom is 0.328 e. The van der Waals surface area contributed by atoms with Crippen LogP contribution < -0.4 is 5.73 Å². The van der Waals surface area contributed by atoms with Crippen LogP contribution in [-0.4, -0.2) is 67.4 Å². The predicted molar refractivity (Wildman–Crippen MR) is 65.5 cm³/mol. The number of carboxylic acid groups (broad SMARTS) is 1. The molecule has 0 radical (unpaired) electrons. The van der Waals surface area contributed by atoms with Crippen molar-refractivity contribution in [3.8, 4) is 0 Å². The maximum atomic E-state index is 12.7. The summed E-state index contributed by atoms with van der Waals surface area (Å²) in [7, 11) is 0. The van der Waals surface area contributed by atoms with E-state index in [0.29, 0.717) is 39.2 Å². The molecule has 0 aromatic heterocycles. The van der Waals surface area contributed by atoms with Crippen LogP contribution >= 0.6 is 0 Å². The van der Waals surface area contributed by atoms with Crippen molar-refractivity contribution in [2.75, 3.05) is 39.5 Å². The lowest BCUT2D eigenvalue weighted by molar-refractivity contribution is -0.166. The lowest BCUT2D eigenvalue weighted by atomic mass is 9.78. The van der Waals surface area contributed by atoms with Crippen LogP contribution in [0.1, 0.15) is 12.8 Å². The van der Waals surface area contributed by atoms with E-state index in [1.54, 1.807) is 0 Å². The molecule has 2 aliphatic heterocycles. The number of rotatable bonds is 3. The zero-order chi connectivity index (χ0) is 13.9. The van der Waals surface area contributed by atoms with E-state index >= 15 is 0 Å². The third kappa shape index (κ3) is 2.72. The first-order valence-corrected chi connectivity index (χ1v) is 6.50. The van der Waals surface area contributed by atoms with Crippen LogP contribution in [0.4, 0.5) is 0 Å². The fraction of sp³-hybridized carbons (Fsp3) is 0.833. The number of hydrogen-bond donors (Lipinski definition) is 2. The smallest absolute Gasteiger partial charge is 0.328 e. The summed E-state index contributed by atoms with van der Waals surface area (Å²) in [6.45, 7) is 1.91. The first-order chi connectivity index (χ1) is 9.10. The highest BCUT2D eigenvalue weighted by atomic mass is 16.5. The highest BCUT2D eigenvalue weighted by molar-refractivity contribution is 5.88. The molecule has 2 aliphatic rings. The summed E-state index contributed by atoms with van der Waals surface area (Å²) in [5.41, 5.74) is 5.11. The van der Waals surface area contributed by atoms with Gasteiger partial charge in [-0.2, -0.15) is 0 Å². The fourth-order valence-electron chi connectivity index (χ4n) is 2.62. The number of carbonyl (C=O) groups is 2. The molecule has 3 N–H and O–H groups in total. The number of carboxylic acids is 1. The minimum Gasteiger partial charge on any atom is -0.480 e. The zero-order valence-corrected chi connectivity index (χ0v) is 10.8. The molecular formula is C12H20N2O5. The number of nitrogens with two attached hydrogens (primary N) is 1. The second kappa shape index (κ2) is 5.85. The molecule has 2 heterocycles. The Labute approximate surface area is 111 Å². The number of morpholine rings is 1. The van der Waals surface area contributed by atoms with Gasteiger partial charge in [0.2, 0.25) is 5.91 Å². The van der Waals surface area contributed by atoms with Gasteiger partial charge in [0.05, 0.1) is 18.6 Å². The van der Waals surface area contributed by atoms with Crippen LogP contribution in [0.5, 0.6) is 0 Å². The second-order valence-electron chi connectivity index (χ2n) is 5.02. The fourth-order valence-corrected chi connectivity index (χ4v) is 2.62. The Morgan fingerprint density at radius 1 is 1.26 bits per heavy atom. The van der Waals surface area contributed by atoms with E-state index in [1.165, 1.54) is 4.90 Å². The van der Waals surface area contributed by atoms with E-state index in [4.69, 9.17) is 15.2 Å². The van der Waals surface area contributed by atoms with E-state index in [9.17, 15) is 14.7 Å². The van der Waals surface area contributed by atoms with Crippen molar-refractivity contribution in [2.24, 2.45) is 11.1 Å². The molecular weight excluding hydrogens is 252 g/mol. The Balaban J connectivity index is 2.17. The van der Waals surface area contributed by atoms with E-state index in [0.717, 1.165) is 0 Å². The Morgan fingerprint density at radius 3 is 2.53 bits per heavy atom. The van der Waals surface area contributed by atoms with Crippen molar-refractivity contribution in [1.82, 2.24) is 4.90 Å². The monoisotopic (exact) mass is 272 g/mol. The molecule has 1 atom stereocenters. The molecule has 7 heteroatoms. The molecule has 19 heavy (non-hydrogen) atoms. The minimum absolute atomic E-state index is 0.0399. The van der Waals surface area contributed by atoms with Gasteiger partial charge in [-0.05, 0) is 12.8 Å². The Hall–Kier alpha value is -1.18. The summed E-state index contributed by atoms with van der Waals surface area (Å²) in [6.07, 6.45) is 1.10. The summed E-state index contributed by atoms with van der Waals surface area (Å²) >= 11 is 0. The Bertz CT molecular complexity index is 354. The number of amides is 1. The van der Waals surface area contributed by atoms with Crippen molar-refractivity contribution in [1.29, 1.82) is 0 Å². The van der Waals surface area contributed by atoms with Crippen molar-refractivity contribution < 1.29 is 24.2 Å². The molecule has 2 rings (SSSR count). The third-order valence-corrected chi connectivity index (χ3v) is 3.97. The molecule has 2 saturated heterocycles. The molecule has 2 fully saturated rings.